The smallest absolute Gasteiger partial charge is 0.269 e. The number of ether oxygens (including phenoxy) is 2. The third-order valence-corrected chi connectivity index (χ3v) is 5.11. The number of nitro benzene ring substituents is 1. The Morgan fingerprint density at radius 3 is 2.59 bits per heavy atom. The van der Waals surface area contributed by atoms with Crippen LogP contribution in [-0.2, 0) is 6.61 Å². The first-order valence-electron chi connectivity index (χ1n) is 9.52. The minimum atomic E-state index is -0.428. The Kier molecular flexibility index (Phi) is 5.41. The summed E-state index contributed by atoms with van der Waals surface area (Å²) in [5.41, 5.74) is 1.66. The highest BCUT2D eigenvalue weighted by molar-refractivity contribution is 5.60. The predicted octanol–water partition coefficient (Wildman–Crippen LogP) is 4.89. The first-order chi connectivity index (χ1) is 14.1. The molecule has 1 saturated carbocycles. The van der Waals surface area contributed by atoms with E-state index in [-0.39, 0.29) is 12.3 Å². The van der Waals surface area contributed by atoms with Crippen LogP contribution in [0.25, 0.3) is 11.4 Å². The number of aromatic nitrogens is 2. The number of benzene rings is 2. The lowest BCUT2D eigenvalue weighted by Gasteiger charge is -2.11. The highest BCUT2D eigenvalue weighted by Gasteiger charge is 2.23. The Morgan fingerprint density at radius 2 is 1.90 bits per heavy atom. The molecule has 1 aromatic heterocycles. The van der Waals surface area contributed by atoms with Gasteiger partial charge < -0.3 is 14.0 Å². The van der Waals surface area contributed by atoms with Crippen molar-refractivity contribution in [1.82, 2.24) is 10.1 Å². The summed E-state index contributed by atoms with van der Waals surface area (Å²) >= 11 is 0. The molecule has 29 heavy (non-hydrogen) atoms. The van der Waals surface area contributed by atoms with Gasteiger partial charge in [0.15, 0.2) is 11.5 Å². The molecule has 0 atom stereocenters. The van der Waals surface area contributed by atoms with Crippen LogP contribution in [0.3, 0.4) is 0 Å². The summed E-state index contributed by atoms with van der Waals surface area (Å²) in [6.07, 6.45) is 4.61. The third-order valence-electron chi connectivity index (χ3n) is 5.11. The van der Waals surface area contributed by atoms with Crippen LogP contribution in [0.4, 0.5) is 5.69 Å². The van der Waals surface area contributed by atoms with Gasteiger partial charge in [0, 0.05) is 23.6 Å². The van der Waals surface area contributed by atoms with Crippen LogP contribution in [0.2, 0.25) is 0 Å². The van der Waals surface area contributed by atoms with Gasteiger partial charge in [0.05, 0.1) is 12.0 Å². The van der Waals surface area contributed by atoms with Gasteiger partial charge in [0.2, 0.25) is 11.7 Å². The van der Waals surface area contributed by atoms with Crippen LogP contribution in [0.1, 0.15) is 43.1 Å². The van der Waals surface area contributed by atoms with Crippen molar-refractivity contribution in [2.45, 2.75) is 38.2 Å². The van der Waals surface area contributed by atoms with Crippen LogP contribution in [0.15, 0.2) is 47.0 Å². The zero-order chi connectivity index (χ0) is 20.2. The fourth-order valence-corrected chi connectivity index (χ4v) is 3.49. The number of non-ortho nitro benzene ring substituents is 1. The first-order valence-corrected chi connectivity index (χ1v) is 9.52. The van der Waals surface area contributed by atoms with Gasteiger partial charge >= 0.3 is 0 Å². The van der Waals surface area contributed by atoms with Crippen LogP contribution in [0, 0.1) is 10.1 Å². The van der Waals surface area contributed by atoms with E-state index in [2.05, 4.69) is 10.1 Å². The minimum Gasteiger partial charge on any atom is -0.493 e. The Bertz CT molecular complexity index is 994. The fourth-order valence-electron chi connectivity index (χ4n) is 3.49. The van der Waals surface area contributed by atoms with Gasteiger partial charge in [-0.05, 0) is 48.7 Å². The van der Waals surface area contributed by atoms with Crippen LogP contribution >= 0.6 is 0 Å². The Balaban J connectivity index is 1.47. The Morgan fingerprint density at radius 1 is 1.14 bits per heavy atom. The van der Waals surface area contributed by atoms with Gasteiger partial charge in [0.1, 0.15) is 6.61 Å². The number of hydrogen-bond donors (Lipinski definition) is 0. The van der Waals surface area contributed by atoms with Crippen molar-refractivity contribution < 1.29 is 18.9 Å². The number of hydrogen-bond acceptors (Lipinski definition) is 7. The molecular formula is C21H21N3O5. The maximum Gasteiger partial charge on any atom is 0.269 e. The third kappa shape index (κ3) is 4.21. The van der Waals surface area contributed by atoms with Crippen molar-refractivity contribution in [1.29, 1.82) is 0 Å². The molecule has 1 aliphatic rings. The molecule has 0 radical (unpaired) electrons. The van der Waals surface area contributed by atoms with E-state index < -0.39 is 4.92 Å². The van der Waals surface area contributed by atoms with E-state index in [1.54, 1.807) is 25.3 Å². The molecule has 0 unspecified atom stereocenters. The molecule has 3 aromatic rings. The Hall–Kier alpha value is -3.42. The molecule has 0 amide bonds. The lowest BCUT2D eigenvalue weighted by atomic mass is 10.1. The molecule has 8 heteroatoms. The lowest BCUT2D eigenvalue weighted by Crippen LogP contribution is -1.98. The van der Waals surface area contributed by atoms with Crippen LogP contribution < -0.4 is 9.47 Å². The van der Waals surface area contributed by atoms with Crippen molar-refractivity contribution in [3.63, 3.8) is 0 Å². The average Bonchev–Trinajstić information content (AvgIpc) is 3.44. The molecule has 0 saturated heterocycles. The molecule has 0 spiro atoms. The van der Waals surface area contributed by atoms with Crippen molar-refractivity contribution in [3.05, 3.63) is 64.0 Å². The van der Waals surface area contributed by atoms with Gasteiger partial charge in [-0.3, -0.25) is 10.1 Å². The topological polar surface area (TPSA) is 101 Å². The zero-order valence-electron chi connectivity index (χ0n) is 16.0. The fraction of sp³-hybridized carbons (Fsp3) is 0.333. The van der Waals surface area contributed by atoms with E-state index in [0.717, 1.165) is 24.0 Å². The van der Waals surface area contributed by atoms with E-state index in [4.69, 9.17) is 14.0 Å². The second-order valence-corrected chi connectivity index (χ2v) is 7.02. The summed E-state index contributed by atoms with van der Waals surface area (Å²) in [5, 5.41) is 14.9. The average molecular weight is 395 g/mol. The second kappa shape index (κ2) is 8.30. The summed E-state index contributed by atoms with van der Waals surface area (Å²) in [6.45, 7) is 0.266. The normalized spacial score (nSPS) is 14.1. The van der Waals surface area contributed by atoms with Gasteiger partial charge in [0.25, 0.3) is 5.69 Å². The van der Waals surface area contributed by atoms with Gasteiger partial charge in [-0.1, -0.05) is 18.0 Å². The molecule has 0 aliphatic heterocycles. The van der Waals surface area contributed by atoms with Crippen LogP contribution in [-0.4, -0.2) is 22.2 Å². The maximum atomic E-state index is 10.7. The summed E-state index contributed by atoms with van der Waals surface area (Å²) < 4.78 is 16.7. The molecule has 1 aliphatic carbocycles. The minimum absolute atomic E-state index is 0.0489. The number of nitrogens with zero attached hydrogens (tertiary/aromatic N) is 3. The predicted molar refractivity (Wildman–Crippen MR) is 105 cm³/mol. The van der Waals surface area contributed by atoms with E-state index >= 15 is 0 Å². The first kappa shape index (κ1) is 18.9. The molecule has 1 fully saturated rings. The van der Waals surface area contributed by atoms with Crippen molar-refractivity contribution >= 4 is 5.69 Å². The van der Waals surface area contributed by atoms with Crippen LogP contribution in [0.5, 0.6) is 11.5 Å². The number of methoxy groups -OCH3 is 1. The van der Waals surface area contributed by atoms with Crippen molar-refractivity contribution in [2.24, 2.45) is 0 Å². The second-order valence-electron chi connectivity index (χ2n) is 7.02. The molecule has 0 bridgehead atoms. The van der Waals surface area contributed by atoms with Gasteiger partial charge in [-0.15, -0.1) is 0 Å². The summed E-state index contributed by atoms with van der Waals surface area (Å²) in [5.74, 6) is 2.72. The summed E-state index contributed by atoms with van der Waals surface area (Å²) in [6, 6.07) is 11.7. The highest BCUT2D eigenvalue weighted by atomic mass is 16.6. The molecule has 1 heterocycles. The highest BCUT2D eigenvalue weighted by Crippen LogP contribution is 2.35. The SMILES string of the molecule is COc1cc(-c2noc(C3CCCC3)n2)ccc1OCc1ccc([N+](=O)[O-])cc1. The molecule has 4 rings (SSSR count). The van der Waals surface area contributed by atoms with Gasteiger partial charge in [-0.2, -0.15) is 4.98 Å². The summed E-state index contributed by atoms with van der Waals surface area (Å²) in [7, 11) is 1.57. The van der Waals surface area contributed by atoms with E-state index in [9.17, 15) is 10.1 Å². The van der Waals surface area contributed by atoms with E-state index in [1.165, 1.54) is 25.0 Å². The molecule has 0 N–H and O–H groups in total. The zero-order valence-corrected chi connectivity index (χ0v) is 16.0. The van der Waals surface area contributed by atoms with E-state index in [0.29, 0.717) is 29.1 Å². The molecule has 150 valence electrons. The standard InChI is InChI=1S/C21H21N3O5/c1-27-19-12-16(20-22-21(29-23-20)15-4-2-3-5-15)8-11-18(19)28-13-14-6-9-17(10-7-14)24(25)26/h6-12,15H,2-5,13H2,1H3. The van der Waals surface area contributed by atoms with Gasteiger partial charge in [-0.25, -0.2) is 0 Å². The Labute approximate surface area is 167 Å². The number of rotatable bonds is 7. The molecule has 8 nitrogen and oxygen atoms in total. The van der Waals surface area contributed by atoms with E-state index in [1.807, 2.05) is 12.1 Å². The number of nitro groups is 1. The quantitative estimate of drug-likeness (QED) is 0.415. The molecular weight excluding hydrogens is 374 g/mol. The van der Waals surface area contributed by atoms with Crippen molar-refractivity contribution in [2.75, 3.05) is 7.11 Å². The largest absolute Gasteiger partial charge is 0.493 e. The van der Waals surface area contributed by atoms with Crippen molar-refractivity contribution in [3.8, 4) is 22.9 Å². The summed E-state index contributed by atoms with van der Waals surface area (Å²) in [4.78, 5) is 14.9. The lowest BCUT2D eigenvalue weighted by molar-refractivity contribution is -0.384. The monoisotopic (exact) mass is 395 g/mol. The molecule has 2 aromatic carbocycles. The maximum absolute atomic E-state index is 10.7.